The van der Waals surface area contributed by atoms with Crippen molar-refractivity contribution in [1.82, 2.24) is 20.3 Å². The lowest BCUT2D eigenvalue weighted by Crippen LogP contribution is -2.28. The fourth-order valence-electron chi connectivity index (χ4n) is 4.35. The second-order valence-electron chi connectivity index (χ2n) is 9.50. The molecule has 2 aromatic carbocycles. The Balaban J connectivity index is 1.31. The first-order chi connectivity index (χ1) is 19.9. The second kappa shape index (κ2) is 14.9. The summed E-state index contributed by atoms with van der Waals surface area (Å²) in [6.07, 6.45) is 2.61. The summed E-state index contributed by atoms with van der Waals surface area (Å²) in [5, 5.41) is 17.5. The maximum atomic E-state index is 14.5. The molecule has 1 saturated heterocycles. The van der Waals surface area contributed by atoms with Gasteiger partial charge < -0.3 is 30.3 Å². The van der Waals surface area contributed by atoms with Gasteiger partial charge in [0.05, 0.1) is 18.7 Å². The summed E-state index contributed by atoms with van der Waals surface area (Å²) in [7, 11) is 1.61. The summed E-state index contributed by atoms with van der Waals surface area (Å²) in [4.78, 5) is 34.4. The number of rotatable bonds is 14. The zero-order valence-electron chi connectivity index (χ0n) is 22.7. The number of nitrogens with one attached hydrogen (secondary N) is 4. The maximum Gasteiger partial charge on any atom is 0.243 e. The molecule has 1 aliphatic rings. The standard InChI is InChI=1S/C28H34FN7O5/c1-40-14-15-41-23-9-7-20(8-10-23)33-28-30-17-24(29)26(34-28)31-21-4-2-5-22(16-21)32-27(38)19-11-13-36(18-19)12-3-6-25(37)35-39/h2,4-5,7-10,16-17,19,39H,3,6,11-15,18H2,1H3,(H,32,38)(H,35,37)(H2,30,31,33,34). The molecule has 218 valence electrons. The number of hydroxylamine groups is 1. The van der Waals surface area contributed by atoms with Crippen molar-refractivity contribution in [1.29, 1.82) is 0 Å². The summed E-state index contributed by atoms with van der Waals surface area (Å²) < 4.78 is 25.1. The summed E-state index contributed by atoms with van der Waals surface area (Å²) in [5.41, 5.74) is 3.43. The molecule has 0 saturated carbocycles. The van der Waals surface area contributed by atoms with Gasteiger partial charge in [0, 0.05) is 37.1 Å². The van der Waals surface area contributed by atoms with Gasteiger partial charge in [-0.15, -0.1) is 0 Å². The zero-order valence-corrected chi connectivity index (χ0v) is 22.7. The molecular weight excluding hydrogens is 533 g/mol. The highest BCUT2D eigenvalue weighted by atomic mass is 19.1. The lowest BCUT2D eigenvalue weighted by atomic mass is 10.1. The summed E-state index contributed by atoms with van der Waals surface area (Å²) in [5.74, 6) is -0.465. The van der Waals surface area contributed by atoms with Crippen molar-refractivity contribution in [3.63, 3.8) is 0 Å². The number of amides is 2. The number of hydrogen-bond donors (Lipinski definition) is 5. The fraction of sp³-hybridized carbons (Fsp3) is 0.357. The molecule has 3 aromatic rings. The second-order valence-corrected chi connectivity index (χ2v) is 9.50. The van der Waals surface area contributed by atoms with Crippen LogP contribution in [0.4, 0.5) is 33.2 Å². The third-order valence-electron chi connectivity index (χ3n) is 6.45. The first kappa shape index (κ1) is 29.6. The van der Waals surface area contributed by atoms with Crippen LogP contribution in [0.5, 0.6) is 5.75 Å². The van der Waals surface area contributed by atoms with Crippen LogP contribution in [0.2, 0.25) is 0 Å². The Labute approximate surface area is 237 Å². The van der Waals surface area contributed by atoms with Gasteiger partial charge in [-0.3, -0.25) is 14.8 Å². The van der Waals surface area contributed by atoms with Crippen molar-refractivity contribution in [2.75, 3.05) is 55.9 Å². The number of methoxy groups -OCH3 is 1. The monoisotopic (exact) mass is 567 g/mol. The smallest absolute Gasteiger partial charge is 0.243 e. The molecule has 1 aromatic heterocycles. The van der Waals surface area contributed by atoms with Gasteiger partial charge in [0.2, 0.25) is 17.8 Å². The molecular formula is C28H34FN7O5. The van der Waals surface area contributed by atoms with Crippen LogP contribution in [0.1, 0.15) is 19.3 Å². The van der Waals surface area contributed by atoms with Crippen LogP contribution < -0.4 is 26.2 Å². The van der Waals surface area contributed by atoms with E-state index in [9.17, 15) is 14.0 Å². The van der Waals surface area contributed by atoms with Crippen LogP contribution in [0, 0.1) is 11.7 Å². The number of halogens is 1. The van der Waals surface area contributed by atoms with Crippen molar-refractivity contribution in [2.45, 2.75) is 19.3 Å². The largest absolute Gasteiger partial charge is 0.491 e. The molecule has 2 amide bonds. The molecule has 0 spiro atoms. The Hall–Kier alpha value is -4.33. The molecule has 41 heavy (non-hydrogen) atoms. The van der Waals surface area contributed by atoms with Gasteiger partial charge in [-0.1, -0.05) is 6.07 Å². The van der Waals surface area contributed by atoms with E-state index in [4.69, 9.17) is 14.7 Å². The molecule has 12 nitrogen and oxygen atoms in total. The van der Waals surface area contributed by atoms with Crippen molar-refractivity contribution in [2.24, 2.45) is 5.92 Å². The number of hydrogen-bond acceptors (Lipinski definition) is 10. The van der Waals surface area contributed by atoms with Crippen molar-refractivity contribution in [3.8, 4) is 5.75 Å². The van der Waals surface area contributed by atoms with E-state index in [0.29, 0.717) is 62.0 Å². The molecule has 2 heterocycles. The Morgan fingerprint density at radius 2 is 1.90 bits per heavy atom. The van der Waals surface area contributed by atoms with Gasteiger partial charge in [0.1, 0.15) is 12.4 Å². The highest BCUT2D eigenvalue weighted by Crippen LogP contribution is 2.25. The topological polar surface area (TPSA) is 150 Å². The van der Waals surface area contributed by atoms with Gasteiger partial charge >= 0.3 is 0 Å². The van der Waals surface area contributed by atoms with Crippen LogP contribution in [-0.4, -0.2) is 71.8 Å². The van der Waals surface area contributed by atoms with Crippen LogP contribution >= 0.6 is 0 Å². The molecule has 1 atom stereocenters. The lowest BCUT2D eigenvalue weighted by Gasteiger charge is -2.16. The minimum atomic E-state index is -0.630. The summed E-state index contributed by atoms with van der Waals surface area (Å²) in [6, 6.07) is 14.1. The van der Waals surface area contributed by atoms with Crippen molar-refractivity contribution in [3.05, 3.63) is 60.5 Å². The average molecular weight is 568 g/mol. The highest BCUT2D eigenvalue weighted by molar-refractivity contribution is 5.93. The summed E-state index contributed by atoms with van der Waals surface area (Å²) >= 11 is 0. The van der Waals surface area contributed by atoms with E-state index in [-0.39, 0.29) is 30.0 Å². The Morgan fingerprint density at radius 1 is 1.10 bits per heavy atom. The van der Waals surface area contributed by atoms with Gasteiger partial charge in [0.25, 0.3) is 0 Å². The molecule has 0 bridgehead atoms. The number of anilines is 5. The van der Waals surface area contributed by atoms with Crippen molar-refractivity contribution >= 4 is 40.6 Å². The van der Waals surface area contributed by atoms with E-state index in [1.807, 2.05) is 0 Å². The molecule has 1 unspecified atom stereocenters. The quantitative estimate of drug-likeness (QED) is 0.111. The number of aromatic nitrogens is 2. The van der Waals surface area contributed by atoms with Gasteiger partial charge in [0.15, 0.2) is 11.6 Å². The third kappa shape index (κ3) is 9.10. The molecule has 4 rings (SSSR count). The highest BCUT2D eigenvalue weighted by Gasteiger charge is 2.28. The van der Waals surface area contributed by atoms with Crippen LogP contribution in [0.3, 0.4) is 0 Å². The SMILES string of the molecule is COCCOc1ccc(Nc2ncc(F)c(Nc3cccc(NC(=O)C4CCN(CCCC(=O)NO)C4)c3)n2)cc1. The molecule has 5 N–H and O–H groups in total. The molecule has 1 fully saturated rings. The summed E-state index contributed by atoms with van der Waals surface area (Å²) in [6.45, 7) is 2.96. The number of nitrogens with zero attached hydrogens (tertiary/aromatic N) is 3. The Bertz CT molecular complexity index is 1310. The molecule has 0 radical (unpaired) electrons. The fourth-order valence-corrected chi connectivity index (χ4v) is 4.35. The first-order valence-electron chi connectivity index (χ1n) is 13.3. The van der Waals surface area contributed by atoms with Crippen LogP contribution in [0.15, 0.2) is 54.7 Å². The van der Waals surface area contributed by atoms with E-state index >= 15 is 0 Å². The lowest BCUT2D eigenvalue weighted by molar-refractivity contribution is -0.129. The third-order valence-corrected chi connectivity index (χ3v) is 6.45. The average Bonchev–Trinajstić information content (AvgIpc) is 3.45. The number of benzene rings is 2. The maximum absolute atomic E-state index is 14.5. The van der Waals surface area contributed by atoms with Gasteiger partial charge in [-0.25, -0.2) is 14.9 Å². The van der Waals surface area contributed by atoms with Gasteiger partial charge in [-0.05, 0) is 68.4 Å². The minimum Gasteiger partial charge on any atom is -0.491 e. The van der Waals surface area contributed by atoms with E-state index in [1.54, 1.807) is 61.1 Å². The number of carbonyl (C=O) groups excluding carboxylic acids is 2. The Morgan fingerprint density at radius 3 is 2.68 bits per heavy atom. The van der Waals surface area contributed by atoms with E-state index in [2.05, 4.69) is 30.8 Å². The van der Waals surface area contributed by atoms with Crippen LogP contribution in [-0.2, 0) is 14.3 Å². The first-order valence-corrected chi connectivity index (χ1v) is 13.3. The minimum absolute atomic E-state index is 0.0215. The molecule has 1 aliphatic heterocycles. The van der Waals surface area contributed by atoms with Crippen LogP contribution in [0.25, 0.3) is 0 Å². The van der Waals surface area contributed by atoms with Gasteiger partial charge in [-0.2, -0.15) is 4.98 Å². The molecule has 0 aliphatic carbocycles. The predicted molar refractivity (Wildman–Crippen MR) is 151 cm³/mol. The predicted octanol–water partition coefficient (Wildman–Crippen LogP) is 3.67. The van der Waals surface area contributed by atoms with E-state index in [1.165, 1.54) is 0 Å². The van der Waals surface area contributed by atoms with Crippen molar-refractivity contribution < 1.29 is 28.7 Å². The number of carbonyl (C=O) groups is 2. The number of likely N-dealkylation sites (tertiary alicyclic amines) is 1. The normalized spacial score (nSPS) is 14.9. The van der Waals surface area contributed by atoms with E-state index in [0.717, 1.165) is 12.7 Å². The zero-order chi connectivity index (χ0) is 29.0. The molecule has 13 heteroatoms. The number of ether oxygens (including phenoxy) is 2. The Kier molecular flexibility index (Phi) is 10.8. The van der Waals surface area contributed by atoms with E-state index < -0.39 is 11.7 Å².